The van der Waals surface area contributed by atoms with Crippen molar-refractivity contribution >= 4 is 27.8 Å². The molecule has 0 saturated carbocycles. The van der Waals surface area contributed by atoms with Crippen LogP contribution in [0.2, 0.25) is 0 Å². The highest BCUT2D eigenvalue weighted by Crippen LogP contribution is 2.23. The number of hydrogen-bond donors (Lipinski definition) is 2. The molecule has 1 aliphatic rings. The molecule has 1 aromatic carbocycles. The lowest BCUT2D eigenvalue weighted by molar-refractivity contribution is -0.139. The van der Waals surface area contributed by atoms with Crippen molar-refractivity contribution in [1.29, 1.82) is 0 Å². The minimum absolute atomic E-state index is 0.103. The van der Waals surface area contributed by atoms with Crippen molar-refractivity contribution < 1.29 is 19.4 Å². The van der Waals surface area contributed by atoms with Gasteiger partial charge < -0.3 is 15.2 Å². The van der Waals surface area contributed by atoms with Gasteiger partial charge in [-0.15, -0.1) is 0 Å². The SMILES string of the molecule is O=C(O)CC1(NC(=O)CCc2ccccc2Br)CCOC1. The number of amides is 1. The molecule has 1 fully saturated rings. The van der Waals surface area contributed by atoms with Crippen molar-refractivity contribution in [2.45, 2.75) is 31.2 Å². The van der Waals surface area contributed by atoms with Gasteiger partial charge in [-0.3, -0.25) is 9.59 Å². The fourth-order valence-electron chi connectivity index (χ4n) is 2.49. The van der Waals surface area contributed by atoms with Gasteiger partial charge in [-0.05, 0) is 24.5 Å². The highest BCUT2D eigenvalue weighted by Gasteiger charge is 2.38. The second kappa shape index (κ2) is 7.04. The molecule has 1 aliphatic heterocycles. The van der Waals surface area contributed by atoms with Crippen LogP contribution in [0.3, 0.4) is 0 Å². The smallest absolute Gasteiger partial charge is 0.305 e. The number of ether oxygens (including phenoxy) is 1. The van der Waals surface area contributed by atoms with Crippen LogP contribution in [-0.2, 0) is 20.7 Å². The van der Waals surface area contributed by atoms with Crippen LogP contribution in [0, 0.1) is 0 Å². The van der Waals surface area contributed by atoms with Gasteiger partial charge in [0.1, 0.15) is 0 Å². The van der Waals surface area contributed by atoms with Crippen LogP contribution in [0.4, 0.5) is 0 Å². The fraction of sp³-hybridized carbons (Fsp3) is 0.467. The molecular formula is C15H18BrNO4. The maximum absolute atomic E-state index is 12.1. The lowest BCUT2D eigenvalue weighted by Gasteiger charge is -2.27. The molecule has 1 atom stereocenters. The van der Waals surface area contributed by atoms with Crippen molar-refractivity contribution in [3.63, 3.8) is 0 Å². The summed E-state index contributed by atoms with van der Waals surface area (Å²) in [5.41, 5.74) is 0.305. The zero-order valence-electron chi connectivity index (χ0n) is 11.6. The van der Waals surface area contributed by atoms with Gasteiger partial charge in [-0.1, -0.05) is 34.1 Å². The topological polar surface area (TPSA) is 75.6 Å². The number of aryl methyl sites for hydroxylation is 1. The molecule has 114 valence electrons. The number of carbonyl (C=O) groups is 2. The van der Waals surface area contributed by atoms with E-state index in [1.807, 2.05) is 24.3 Å². The van der Waals surface area contributed by atoms with E-state index in [0.717, 1.165) is 10.0 Å². The van der Waals surface area contributed by atoms with Crippen LogP contribution in [0.15, 0.2) is 28.7 Å². The summed E-state index contributed by atoms with van der Waals surface area (Å²) >= 11 is 3.45. The van der Waals surface area contributed by atoms with Crippen molar-refractivity contribution in [1.82, 2.24) is 5.32 Å². The van der Waals surface area contributed by atoms with Crippen molar-refractivity contribution in [2.75, 3.05) is 13.2 Å². The highest BCUT2D eigenvalue weighted by molar-refractivity contribution is 9.10. The van der Waals surface area contributed by atoms with Gasteiger partial charge >= 0.3 is 5.97 Å². The molecule has 2 N–H and O–H groups in total. The Morgan fingerprint density at radius 1 is 1.38 bits per heavy atom. The quantitative estimate of drug-likeness (QED) is 0.819. The van der Waals surface area contributed by atoms with Gasteiger partial charge in [0.25, 0.3) is 0 Å². The van der Waals surface area contributed by atoms with E-state index in [9.17, 15) is 9.59 Å². The first kappa shape index (κ1) is 16.0. The Labute approximate surface area is 131 Å². The third-order valence-electron chi connectivity index (χ3n) is 3.58. The molecule has 21 heavy (non-hydrogen) atoms. The van der Waals surface area contributed by atoms with Gasteiger partial charge in [0.05, 0.1) is 18.6 Å². The van der Waals surface area contributed by atoms with E-state index < -0.39 is 11.5 Å². The summed E-state index contributed by atoms with van der Waals surface area (Å²) in [6.07, 6.45) is 1.37. The molecule has 1 heterocycles. The molecule has 0 radical (unpaired) electrons. The minimum atomic E-state index is -0.924. The predicted molar refractivity (Wildman–Crippen MR) is 81.0 cm³/mol. The Hall–Kier alpha value is -1.40. The molecule has 1 aromatic rings. The Bertz CT molecular complexity index is 526. The number of carboxylic acid groups (broad SMARTS) is 1. The van der Waals surface area contributed by atoms with Gasteiger partial charge in [0.2, 0.25) is 5.91 Å². The zero-order valence-corrected chi connectivity index (χ0v) is 13.2. The van der Waals surface area contributed by atoms with Crippen molar-refractivity contribution in [3.8, 4) is 0 Å². The molecule has 6 heteroatoms. The molecule has 0 bridgehead atoms. The number of hydrogen-bond acceptors (Lipinski definition) is 3. The average molecular weight is 356 g/mol. The van der Waals surface area contributed by atoms with E-state index in [2.05, 4.69) is 21.2 Å². The summed E-state index contributed by atoms with van der Waals surface area (Å²) in [5.74, 6) is -1.07. The van der Waals surface area contributed by atoms with E-state index in [0.29, 0.717) is 25.9 Å². The van der Waals surface area contributed by atoms with E-state index in [4.69, 9.17) is 9.84 Å². The third kappa shape index (κ3) is 4.54. The molecule has 1 unspecified atom stereocenters. The first-order valence-electron chi connectivity index (χ1n) is 6.85. The first-order valence-corrected chi connectivity index (χ1v) is 7.64. The number of halogens is 1. The van der Waals surface area contributed by atoms with Crippen LogP contribution in [0.1, 0.15) is 24.8 Å². The maximum atomic E-state index is 12.1. The molecule has 5 nitrogen and oxygen atoms in total. The van der Waals surface area contributed by atoms with E-state index >= 15 is 0 Å². The molecule has 0 aliphatic carbocycles. The predicted octanol–water partition coefficient (Wildman–Crippen LogP) is 2.13. The standard InChI is InChI=1S/C15H18BrNO4/c16-12-4-2-1-3-11(12)5-6-13(18)17-15(9-14(19)20)7-8-21-10-15/h1-4H,5-10H2,(H,17,18)(H,19,20). The number of carbonyl (C=O) groups excluding carboxylic acids is 1. The summed E-state index contributed by atoms with van der Waals surface area (Å²) in [6, 6.07) is 7.74. The first-order chi connectivity index (χ1) is 10.0. The number of aliphatic carboxylic acids is 1. The van der Waals surface area contributed by atoms with Crippen LogP contribution in [-0.4, -0.2) is 35.7 Å². The molecule has 1 saturated heterocycles. The average Bonchev–Trinajstić information content (AvgIpc) is 2.85. The monoisotopic (exact) mass is 355 g/mol. The normalized spacial score (nSPS) is 21.2. The van der Waals surface area contributed by atoms with Crippen LogP contribution in [0.5, 0.6) is 0 Å². The Morgan fingerprint density at radius 2 is 2.14 bits per heavy atom. The zero-order chi connectivity index (χ0) is 15.3. The molecule has 0 aromatic heterocycles. The van der Waals surface area contributed by atoms with Gasteiger partial charge in [0, 0.05) is 17.5 Å². The van der Waals surface area contributed by atoms with E-state index in [1.165, 1.54) is 0 Å². The Morgan fingerprint density at radius 3 is 2.76 bits per heavy atom. The van der Waals surface area contributed by atoms with Gasteiger partial charge in [-0.2, -0.15) is 0 Å². The lowest BCUT2D eigenvalue weighted by atomic mass is 9.94. The largest absolute Gasteiger partial charge is 0.481 e. The second-order valence-corrected chi connectivity index (χ2v) is 6.15. The number of nitrogens with one attached hydrogen (secondary N) is 1. The summed E-state index contributed by atoms with van der Waals surface area (Å²) in [4.78, 5) is 23.0. The van der Waals surface area contributed by atoms with E-state index in [-0.39, 0.29) is 18.9 Å². The number of benzene rings is 1. The van der Waals surface area contributed by atoms with Crippen LogP contribution >= 0.6 is 15.9 Å². The van der Waals surface area contributed by atoms with Gasteiger partial charge in [-0.25, -0.2) is 0 Å². The van der Waals surface area contributed by atoms with Crippen LogP contribution < -0.4 is 5.32 Å². The highest BCUT2D eigenvalue weighted by atomic mass is 79.9. The Balaban J connectivity index is 1.91. The number of rotatable bonds is 6. The van der Waals surface area contributed by atoms with Crippen molar-refractivity contribution in [2.24, 2.45) is 0 Å². The number of carboxylic acids is 1. The summed E-state index contributed by atoms with van der Waals surface area (Å²) < 4.78 is 6.23. The van der Waals surface area contributed by atoms with Gasteiger partial charge in [0.15, 0.2) is 0 Å². The summed E-state index contributed by atoms with van der Waals surface area (Å²) in [5, 5.41) is 11.8. The Kier molecular flexibility index (Phi) is 5.36. The summed E-state index contributed by atoms with van der Waals surface area (Å²) in [6.45, 7) is 0.748. The van der Waals surface area contributed by atoms with E-state index in [1.54, 1.807) is 0 Å². The molecule has 1 amide bonds. The third-order valence-corrected chi connectivity index (χ3v) is 4.35. The molecule has 0 spiro atoms. The maximum Gasteiger partial charge on any atom is 0.305 e. The molecular weight excluding hydrogens is 338 g/mol. The lowest BCUT2D eigenvalue weighted by Crippen LogP contribution is -2.50. The second-order valence-electron chi connectivity index (χ2n) is 5.29. The van der Waals surface area contributed by atoms with Crippen LogP contribution in [0.25, 0.3) is 0 Å². The van der Waals surface area contributed by atoms with Crippen molar-refractivity contribution in [3.05, 3.63) is 34.3 Å². The molecule has 2 rings (SSSR count). The fourth-order valence-corrected chi connectivity index (χ4v) is 2.97. The summed E-state index contributed by atoms with van der Waals surface area (Å²) in [7, 11) is 0. The minimum Gasteiger partial charge on any atom is -0.481 e.